The first kappa shape index (κ1) is 37.5. The summed E-state index contributed by atoms with van der Waals surface area (Å²) in [5, 5.41) is 9.76. The molecule has 12 heteroatoms. The number of hydrogen-bond donors (Lipinski definition) is 5. The number of nitrogens with two attached hydrogens (primary N) is 2. The van der Waals surface area contributed by atoms with Gasteiger partial charge in [0.2, 0.25) is 11.8 Å². The van der Waals surface area contributed by atoms with E-state index in [1.165, 1.54) is 7.11 Å². The topological polar surface area (TPSA) is 169 Å². The highest BCUT2D eigenvalue weighted by atomic mass is 35.5. The number of halogens is 1. The van der Waals surface area contributed by atoms with E-state index in [1.807, 2.05) is 54.6 Å². The summed E-state index contributed by atoms with van der Waals surface area (Å²) in [6.07, 6.45) is 5.92. The number of hydrogen-bond acceptors (Lipinski definition) is 6. The molecule has 0 fully saturated rings. The fraction of sp³-hybridized carbons (Fsp3) is 0.316. The third-order valence-corrected chi connectivity index (χ3v) is 8.41. The van der Waals surface area contributed by atoms with Crippen molar-refractivity contribution in [1.82, 2.24) is 10.6 Å². The van der Waals surface area contributed by atoms with Gasteiger partial charge in [0.05, 0.1) is 20.3 Å². The van der Waals surface area contributed by atoms with Crippen LogP contribution in [-0.4, -0.2) is 62.7 Å². The van der Waals surface area contributed by atoms with Gasteiger partial charge in [0.1, 0.15) is 30.2 Å². The van der Waals surface area contributed by atoms with Gasteiger partial charge in [0, 0.05) is 19.0 Å². The van der Waals surface area contributed by atoms with E-state index in [4.69, 9.17) is 25.7 Å². The summed E-state index contributed by atoms with van der Waals surface area (Å²) in [4.78, 5) is 42.1. The van der Waals surface area contributed by atoms with Crippen LogP contribution in [0.25, 0.3) is 32.7 Å². The van der Waals surface area contributed by atoms with Gasteiger partial charge in [-0.15, -0.1) is 0 Å². The molecule has 2 atom stereocenters. The zero-order chi connectivity index (χ0) is 34.6. The maximum Gasteiger partial charge on any atom is 0.338 e. The lowest BCUT2D eigenvalue weighted by Crippen LogP contribution is -3.00. The minimum atomic E-state index is -0.952. The van der Waals surface area contributed by atoms with E-state index < -0.39 is 24.0 Å². The van der Waals surface area contributed by atoms with Gasteiger partial charge in [-0.05, 0) is 65.8 Å². The highest BCUT2D eigenvalue weighted by Gasteiger charge is 2.27. The number of esters is 1. The number of rotatable bonds is 6. The number of carbonyl (C=O) groups excluding carboxylic acids is 3. The van der Waals surface area contributed by atoms with Crippen LogP contribution in [0.5, 0.6) is 11.5 Å². The van der Waals surface area contributed by atoms with E-state index in [1.54, 1.807) is 6.08 Å². The van der Waals surface area contributed by atoms with Crippen LogP contribution in [0.3, 0.4) is 0 Å². The van der Waals surface area contributed by atoms with Crippen LogP contribution in [0.4, 0.5) is 0 Å². The number of amides is 2. The fourth-order valence-electron chi connectivity index (χ4n) is 5.98. The molecular weight excluding hydrogens is 658 g/mol. The van der Waals surface area contributed by atoms with Crippen LogP contribution in [0.1, 0.15) is 40.0 Å². The number of carbonyl (C=O) groups is 3. The van der Waals surface area contributed by atoms with Crippen molar-refractivity contribution in [3.8, 4) is 22.6 Å². The number of guanidine groups is 1. The molecule has 0 saturated carbocycles. The molecule has 0 spiro atoms. The molecule has 1 heterocycles. The molecule has 5 rings (SSSR count). The first-order valence-corrected chi connectivity index (χ1v) is 16.6. The molecule has 266 valence electrons. The SMILES string of the molecule is COC(=O)[C@@H]1C/C=C/COc2ccc3ccccc3c2-c2c(ccc3ccccc23)OCCCC(=O)N[C@H](CCCC[NH+]=C(N)N)C(=O)N1.[2HH].[Cl-]. The normalized spacial score (nSPS) is 17.8. The lowest BCUT2D eigenvalue weighted by Gasteiger charge is -2.22. The van der Waals surface area contributed by atoms with Gasteiger partial charge in [-0.3, -0.25) is 26.0 Å². The Morgan fingerprint density at radius 3 is 2.16 bits per heavy atom. The fourth-order valence-corrected chi connectivity index (χ4v) is 5.98. The summed E-state index contributed by atoms with van der Waals surface area (Å²) in [6.45, 7) is 1.01. The molecule has 1 aliphatic rings. The Morgan fingerprint density at radius 2 is 1.52 bits per heavy atom. The second kappa shape index (κ2) is 18.5. The van der Waals surface area contributed by atoms with Crippen LogP contribution >= 0.6 is 0 Å². The number of fused-ring (bicyclic) bond motifs is 7. The Balaban J connectivity index is 0.00000351. The van der Waals surface area contributed by atoms with Gasteiger partial charge in [-0.25, -0.2) is 4.79 Å². The smallest absolute Gasteiger partial charge is 0.338 e. The highest BCUT2D eigenvalue weighted by molar-refractivity contribution is 6.09. The molecule has 0 unspecified atom stereocenters. The minimum absolute atomic E-state index is 0. The van der Waals surface area contributed by atoms with Gasteiger partial charge in [0.25, 0.3) is 0 Å². The maximum atomic E-state index is 13.4. The van der Waals surface area contributed by atoms with E-state index in [-0.39, 0.29) is 51.8 Å². The molecule has 4 aromatic rings. The van der Waals surface area contributed by atoms with Crippen molar-refractivity contribution < 1.29 is 47.4 Å². The Hall–Kier alpha value is -5.29. The molecule has 50 heavy (non-hydrogen) atoms. The zero-order valence-corrected chi connectivity index (χ0v) is 28.8. The van der Waals surface area contributed by atoms with Crippen molar-refractivity contribution in [1.29, 1.82) is 0 Å². The monoisotopic (exact) mass is 704 g/mol. The van der Waals surface area contributed by atoms with Gasteiger partial charge in [-0.2, -0.15) is 0 Å². The average Bonchev–Trinajstić information content (AvgIpc) is 3.11. The Morgan fingerprint density at radius 1 is 0.880 bits per heavy atom. The Bertz CT molecular complexity index is 1870. The number of nitrogens with one attached hydrogen (secondary N) is 3. The average molecular weight is 705 g/mol. The molecule has 0 saturated heterocycles. The van der Waals surface area contributed by atoms with Gasteiger partial charge >= 0.3 is 11.9 Å². The third-order valence-electron chi connectivity index (χ3n) is 8.41. The summed E-state index contributed by atoms with van der Waals surface area (Å²) in [5.41, 5.74) is 12.8. The van der Waals surface area contributed by atoms with Crippen molar-refractivity contribution in [2.45, 2.75) is 50.6 Å². The Kier molecular flexibility index (Phi) is 13.9. The predicted octanol–water partition coefficient (Wildman–Crippen LogP) is 0.0746. The minimum Gasteiger partial charge on any atom is -1.00 e. The molecule has 2 amide bonds. The van der Waals surface area contributed by atoms with E-state index in [0.717, 1.165) is 32.7 Å². The lowest BCUT2D eigenvalue weighted by atomic mass is 9.92. The van der Waals surface area contributed by atoms with Crippen LogP contribution in [0.15, 0.2) is 84.9 Å². The predicted molar refractivity (Wildman–Crippen MR) is 192 cm³/mol. The molecule has 4 aromatic carbocycles. The van der Waals surface area contributed by atoms with Crippen molar-refractivity contribution in [3.05, 3.63) is 84.9 Å². The largest absolute Gasteiger partial charge is 1.00 e. The van der Waals surface area contributed by atoms with Crippen molar-refractivity contribution in [2.75, 3.05) is 26.9 Å². The quantitative estimate of drug-likeness (QED) is 0.0618. The zero-order valence-electron chi connectivity index (χ0n) is 28.1. The second-order valence-electron chi connectivity index (χ2n) is 11.9. The summed E-state index contributed by atoms with van der Waals surface area (Å²) >= 11 is 0. The van der Waals surface area contributed by atoms with Gasteiger partial charge in [-0.1, -0.05) is 72.8 Å². The lowest BCUT2D eigenvalue weighted by molar-refractivity contribution is -0.459. The molecule has 0 radical (unpaired) electrons. The molecule has 0 aromatic heterocycles. The van der Waals surface area contributed by atoms with Crippen LogP contribution in [-0.2, 0) is 19.1 Å². The first-order valence-electron chi connectivity index (χ1n) is 16.6. The Labute approximate surface area is 299 Å². The highest BCUT2D eigenvalue weighted by Crippen LogP contribution is 2.45. The number of benzene rings is 4. The van der Waals surface area contributed by atoms with Crippen LogP contribution in [0, 0.1) is 0 Å². The van der Waals surface area contributed by atoms with E-state index in [0.29, 0.717) is 43.7 Å². The molecule has 11 nitrogen and oxygen atoms in total. The van der Waals surface area contributed by atoms with Crippen LogP contribution in [0.2, 0.25) is 0 Å². The molecule has 7 N–H and O–H groups in total. The number of unbranched alkanes of at least 4 members (excludes halogenated alkanes) is 1. The van der Waals surface area contributed by atoms with Crippen LogP contribution < -0.4 is 49.0 Å². The summed E-state index contributed by atoms with van der Waals surface area (Å²) in [7, 11) is 1.27. The third kappa shape index (κ3) is 9.66. The standard InChI is InChI=1S/C38H43N5O6.ClH.H2/c1-47-37(46)30-16-7-9-23-48-31-20-18-25-11-2-4-13-27(25)34(31)35-28-14-5-3-12-26(28)19-21-32(35)49-24-10-17-33(44)42-29(36(45)43-30)15-6-8-22-41-38(39)40;;/h2-5,7,9,11-14,18-21,29-30H,6,8,10,15-17,22-24H2,1H3,(H,42,44)(H,43,45)(H4,39,40,41);2*1H/b9-7+;;/t29-,30+;;/m1../s1/i;;1+1. The number of ether oxygens (including phenoxy) is 3. The van der Waals surface area contributed by atoms with Gasteiger partial charge in [0.15, 0.2) is 0 Å². The molecule has 0 bridgehead atoms. The molecule has 1 aliphatic heterocycles. The number of methoxy groups -OCH3 is 1. The summed E-state index contributed by atoms with van der Waals surface area (Å²) in [5.74, 6) is 0.109. The van der Waals surface area contributed by atoms with E-state index >= 15 is 0 Å². The first-order chi connectivity index (χ1) is 23.9. The van der Waals surface area contributed by atoms with Crippen molar-refractivity contribution >= 4 is 45.3 Å². The molecule has 0 aliphatic carbocycles. The van der Waals surface area contributed by atoms with E-state index in [9.17, 15) is 14.4 Å². The summed E-state index contributed by atoms with van der Waals surface area (Å²) in [6, 6.07) is 22.4. The maximum absolute atomic E-state index is 13.4. The van der Waals surface area contributed by atoms with Crippen molar-refractivity contribution in [3.63, 3.8) is 0 Å². The summed E-state index contributed by atoms with van der Waals surface area (Å²) < 4.78 is 17.8. The van der Waals surface area contributed by atoms with E-state index in [2.05, 4.69) is 39.9 Å². The van der Waals surface area contributed by atoms with Gasteiger partial charge < -0.3 is 37.3 Å². The molecular formula is C38H46ClN5O6. The van der Waals surface area contributed by atoms with Crippen molar-refractivity contribution in [2.24, 2.45) is 11.5 Å². The second-order valence-corrected chi connectivity index (χ2v) is 11.9.